The van der Waals surface area contributed by atoms with Gasteiger partial charge in [0.2, 0.25) is 5.91 Å². The lowest BCUT2D eigenvalue weighted by Crippen LogP contribution is -2.39. The third-order valence-corrected chi connectivity index (χ3v) is 3.49. The second-order valence-corrected chi connectivity index (χ2v) is 5.80. The van der Waals surface area contributed by atoms with E-state index in [9.17, 15) is 18.8 Å². The van der Waals surface area contributed by atoms with Crippen molar-refractivity contribution < 1.29 is 18.8 Å². The van der Waals surface area contributed by atoms with Crippen LogP contribution in [0.25, 0.3) is 0 Å². The lowest BCUT2D eigenvalue weighted by atomic mass is 10.1. The maximum Gasteiger partial charge on any atom is 0.319 e. The highest BCUT2D eigenvalue weighted by atomic mass is 19.1. The lowest BCUT2D eigenvalue weighted by molar-refractivity contribution is -0.117. The van der Waals surface area contributed by atoms with E-state index in [0.29, 0.717) is 0 Å². The van der Waals surface area contributed by atoms with Gasteiger partial charge in [-0.25, -0.2) is 9.18 Å². The summed E-state index contributed by atoms with van der Waals surface area (Å²) in [4.78, 5) is 34.4. The second kappa shape index (κ2) is 8.85. The molecule has 1 aromatic carbocycles. The molecule has 1 atom stereocenters. The molecule has 1 rings (SSSR count). The van der Waals surface area contributed by atoms with Crippen LogP contribution in [-0.2, 0) is 4.79 Å². The molecule has 8 heteroatoms. The molecule has 5 N–H and O–H groups in total. The maximum absolute atomic E-state index is 13.8. The molecule has 0 aromatic heterocycles. The Labute approximate surface area is 140 Å². The number of halogens is 1. The third-order valence-electron chi connectivity index (χ3n) is 3.49. The number of hydrogen-bond acceptors (Lipinski definition) is 3. The van der Waals surface area contributed by atoms with Crippen molar-refractivity contribution in [3.8, 4) is 0 Å². The summed E-state index contributed by atoms with van der Waals surface area (Å²) in [5.41, 5.74) is 5.04. The normalized spacial score (nSPS) is 11.7. The van der Waals surface area contributed by atoms with Crippen molar-refractivity contribution in [1.82, 2.24) is 10.6 Å². The first kappa shape index (κ1) is 19.4. The number of benzene rings is 1. The number of nitrogens with one attached hydrogen (secondary N) is 3. The Morgan fingerprint density at radius 3 is 2.46 bits per heavy atom. The van der Waals surface area contributed by atoms with Crippen LogP contribution in [0.1, 0.15) is 37.6 Å². The van der Waals surface area contributed by atoms with E-state index in [-0.39, 0.29) is 36.2 Å². The fourth-order valence-corrected chi connectivity index (χ4v) is 1.70. The van der Waals surface area contributed by atoms with Crippen molar-refractivity contribution in [2.24, 2.45) is 11.7 Å². The Hall–Kier alpha value is -2.64. The number of anilines is 1. The van der Waals surface area contributed by atoms with Crippen LogP contribution < -0.4 is 21.7 Å². The summed E-state index contributed by atoms with van der Waals surface area (Å²) >= 11 is 0. The number of nitrogens with two attached hydrogens (primary N) is 1. The van der Waals surface area contributed by atoms with Crippen LogP contribution in [-0.4, -0.2) is 30.4 Å². The summed E-state index contributed by atoms with van der Waals surface area (Å²) in [7, 11) is 0. The van der Waals surface area contributed by atoms with Gasteiger partial charge in [0.15, 0.2) is 0 Å². The predicted octanol–water partition coefficient (Wildman–Crippen LogP) is 1.60. The molecule has 0 spiro atoms. The van der Waals surface area contributed by atoms with Crippen molar-refractivity contribution in [1.29, 1.82) is 0 Å². The first-order chi connectivity index (χ1) is 11.2. The van der Waals surface area contributed by atoms with Gasteiger partial charge in [-0.1, -0.05) is 13.8 Å². The molecule has 24 heavy (non-hydrogen) atoms. The minimum atomic E-state index is -0.656. The van der Waals surface area contributed by atoms with E-state index in [0.717, 1.165) is 6.07 Å². The van der Waals surface area contributed by atoms with Crippen LogP contribution in [0.5, 0.6) is 0 Å². The average Bonchev–Trinajstić information content (AvgIpc) is 2.48. The molecular weight excluding hydrogens is 315 g/mol. The number of carbonyl (C=O) groups excluding carboxylic acids is 3. The van der Waals surface area contributed by atoms with Crippen LogP contribution in [0, 0.1) is 11.7 Å². The zero-order chi connectivity index (χ0) is 18.3. The topological polar surface area (TPSA) is 113 Å². The molecule has 132 valence electrons. The second-order valence-electron chi connectivity index (χ2n) is 5.80. The third kappa shape index (κ3) is 6.23. The van der Waals surface area contributed by atoms with Gasteiger partial charge in [-0.05, 0) is 31.0 Å². The van der Waals surface area contributed by atoms with E-state index in [1.165, 1.54) is 12.1 Å². The minimum Gasteiger partial charge on any atom is -0.370 e. The molecule has 0 bridgehead atoms. The highest BCUT2D eigenvalue weighted by Gasteiger charge is 2.14. The minimum absolute atomic E-state index is 0.00748. The molecule has 4 amide bonds. The SMILES string of the molecule is CC(C)[C@H](C)NC(=O)Nc1cc(C(=O)NCCC(N)=O)ccc1F. The zero-order valence-electron chi connectivity index (χ0n) is 14.0. The fourth-order valence-electron chi connectivity index (χ4n) is 1.70. The van der Waals surface area contributed by atoms with Gasteiger partial charge in [0.05, 0.1) is 5.69 Å². The molecule has 0 saturated heterocycles. The van der Waals surface area contributed by atoms with Crippen molar-refractivity contribution in [2.75, 3.05) is 11.9 Å². The Morgan fingerprint density at radius 2 is 1.88 bits per heavy atom. The largest absolute Gasteiger partial charge is 0.370 e. The molecule has 0 unspecified atom stereocenters. The number of primary amides is 1. The molecule has 7 nitrogen and oxygen atoms in total. The molecule has 0 radical (unpaired) electrons. The molecule has 0 aliphatic carbocycles. The monoisotopic (exact) mass is 338 g/mol. The van der Waals surface area contributed by atoms with Gasteiger partial charge in [0, 0.05) is 24.6 Å². The van der Waals surface area contributed by atoms with Crippen LogP contribution >= 0.6 is 0 Å². The number of amides is 4. The van der Waals surface area contributed by atoms with Gasteiger partial charge in [-0.15, -0.1) is 0 Å². The summed E-state index contributed by atoms with van der Waals surface area (Å²) in [6.07, 6.45) is 0.00748. The zero-order valence-corrected chi connectivity index (χ0v) is 14.0. The first-order valence-electron chi connectivity index (χ1n) is 7.64. The molecule has 0 aliphatic heterocycles. The van der Waals surface area contributed by atoms with E-state index in [1.807, 2.05) is 20.8 Å². The predicted molar refractivity (Wildman–Crippen MR) is 89.0 cm³/mol. The Kier molecular flexibility index (Phi) is 7.16. The molecule has 0 saturated carbocycles. The standard InChI is InChI=1S/C16H23FN4O3/c1-9(2)10(3)20-16(24)21-13-8-11(4-5-12(13)17)15(23)19-7-6-14(18)22/h4-5,8-10H,6-7H2,1-3H3,(H2,18,22)(H,19,23)(H2,20,21,24)/t10-/m0/s1. The van der Waals surface area contributed by atoms with E-state index in [1.54, 1.807) is 0 Å². The summed E-state index contributed by atoms with van der Waals surface area (Å²) in [5.74, 6) is -1.46. The first-order valence-corrected chi connectivity index (χ1v) is 7.64. The lowest BCUT2D eigenvalue weighted by Gasteiger charge is -2.18. The molecule has 1 aromatic rings. The van der Waals surface area contributed by atoms with Gasteiger partial charge in [0.25, 0.3) is 5.91 Å². The van der Waals surface area contributed by atoms with Crippen LogP contribution in [0.15, 0.2) is 18.2 Å². The van der Waals surface area contributed by atoms with E-state index in [2.05, 4.69) is 16.0 Å². The van der Waals surface area contributed by atoms with Crippen molar-refractivity contribution in [3.05, 3.63) is 29.6 Å². The number of carbonyl (C=O) groups is 3. The van der Waals surface area contributed by atoms with Gasteiger partial charge in [-0.3, -0.25) is 9.59 Å². The van der Waals surface area contributed by atoms with Crippen LogP contribution in [0.3, 0.4) is 0 Å². The average molecular weight is 338 g/mol. The number of urea groups is 1. The fraction of sp³-hybridized carbons (Fsp3) is 0.438. The Morgan fingerprint density at radius 1 is 1.21 bits per heavy atom. The molecular formula is C16H23FN4O3. The van der Waals surface area contributed by atoms with Crippen molar-refractivity contribution in [2.45, 2.75) is 33.2 Å². The molecule has 0 fully saturated rings. The summed E-state index contributed by atoms with van der Waals surface area (Å²) < 4.78 is 13.8. The number of rotatable bonds is 7. The number of hydrogen-bond donors (Lipinski definition) is 4. The van der Waals surface area contributed by atoms with Crippen LogP contribution in [0.2, 0.25) is 0 Å². The highest BCUT2D eigenvalue weighted by Crippen LogP contribution is 2.16. The molecule has 0 aliphatic rings. The highest BCUT2D eigenvalue weighted by molar-refractivity contribution is 5.97. The van der Waals surface area contributed by atoms with Crippen molar-refractivity contribution in [3.63, 3.8) is 0 Å². The Balaban J connectivity index is 2.73. The van der Waals surface area contributed by atoms with E-state index < -0.39 is 23.7 Å². The smallest absolute Gasteiger partial charge is 0.319 e. The van der Waals surface area contributed by atoms with E-state index in [4.69, 9.17) is 5.73 Å². The van der Waals surface area contributed by atoms with Crippen LogP contribution in [0.4, 0.5) is 14.9 Å². The Bertz CT molecular complexity index is 619. The molecule has 0 heterocycles. The summed E-state index contributed by atoms with van der Waals surface area (Å²) in [6, 6.07) is 2.96. The van der Waals surface area contributed by atoms with Gasteiger partial charge < -0.3 is 21.7 Å². The maximum atomic E-state index is 13.8. The van der Waals surface area contributed by atoms with Gasteiger partial charge in [0.1, 0.15) is 5.82 Å². The van der Waals surface area contributed by atoms with Crippen molar-refractivity contribution >= 4 is 23.5 Å². The van der Waals surface area contributed by atoms with E-state index >= 15 is 0 Å². The quantitative estimate of drug-likeness (QED) is 0.605. The summed E-state index contributed by atoms with van der Waals surface area (Å²) in [5, 5.41) is 7.56. The van der Waals surface area contributed by atoms with Gasteiger partial charge in [-0.2, -0.15) is 0 Å². The summed E-state index contributed by atoms with van der Waals surface area (Å²) in [6.45, 7) is 5.81. The van der Waals surface area contributed by atoms with Gasteiger partial charge >= 0.3 is 6.03 Å².